The Hall–Kier alpha value is -3.62. The van der Waals surface area contributed by atoms with Gasteiger partial charge in [-0.05, 0) is 31.2 Å². The summed E-state index contributed by atoms with van der Waals surface area (Å²) in [4.78, 5) is 28.2. The standard InChI is InChI=1S/C17H12F2N4O3/c1-9-7-14(23-26-9)21-16(24)10-5-6-20-13(8-10)17(25)22-15-11(18)3-2-4-12(15)19/h2-8H,1H3,(H,22,25)(H,21,23,24). The molecule has 0 saturated carbocycles. The van der Waals surface area contributed by atoms with Crippen LogP contribution < -0.4 is 10.6 Å². The third kappa shape index (κ3) is 3.72. The monoisotopic (exact) mass is 358 g/mol. The maximum atomic E-state index is 13.6. The van der Waals surface area contributed by atoms with E-state index in [1.165, 1.54) is 30.5 Å². The number of aromatic nitrogens is 2. The Bertz CT molecular complexity index is 967. The first-order chi connectivity index (χ1) is 12.4. The number of nitrogens with zero attached hydrogens (tertiary/aromatic N) is 2. The first-order valence-corrected chi connectivity index (χ1v) is 7.40. The lowest BCUT2D eigenvalue weighted by molar-refractivity contribution is 0.102. The van der Waals surface area contributed by atoms with Crippen LogP contribution in [0.1, 0.15) is 26.6 Å². The number of rotatable bonds is 4. The van der Waals surface area contributed by atoms with Gasteiger partial charge in [0.25, 0.3) is 11.8 Å². The molecule has 0 radical (unpaired) electrons. The normalized spacial score (nSPS) is 10.4. The van der Waals surface area contributed by atoms with Crippen molar-refractivity contribution in [3.63, 3.8) is 0 Å². The minimum Gasteiger partial charge on any atom is -0.360 e. The summed E-state index contributed by atoms with van der Waals surface area (Å²) in [5.41, 5.74) is -0.663. The zero-order chi connectivity index (χ0) is 18.7. The van der Waals surface area contributed by atoms with Crippen molar-refractivity contribution < 1.29 is 22.9 Å². The molecule has 0 unspecified atom stereocenters. The Balaban J connectivity index is 1.78. The predicted molar refractivity (Wildman–Crippen MR) is 87.7 cm³/mol. The fourth-order valence-electron chi connectivity index (χ4n) is 2.10. The molecule has 0 aliphatic rings. The van der Waals surface area contributed by atoms with Crippen molar-refractivity contribution >= 4 is 23.3 Å². The Labute approximate surface area is 146 Å². The number of amides is 2. The fraction of sp³-hybridized carbons (Fsp3) is 0.0588. The van der Waals surface area contributed by atoms with Crippen LogP contribution in [-0.2, 0) is 0 Å². The van der Waals surface area contributed by atoms with Crippen LogP contribution in [0.3, 0.4) is 0 Å². The van der Waals surface area contributed by atoms with Crippen LogP contribution in [0.25, 0.3) is 0 Å². The van der Waals surface area contributed by atoms with Gasteiger partial charge in [0.1, 0.15) is 28.8 Å². The molecule has 0 atom stereocenters. The molecule has 9 heteroatoms. The van der Waals surface area contributed by atoms with Crippen LogP contribution >= 0.6 is 0 Å². The average molecular weight is 358 g/mol. The van der Waals surface area contributed by atoms with E-state index in [9.17, 15) is 18.4 Å². The number of hydrogen-bond donors (Lipinski definition) is 2. The molecule has 3 aromatic rings. The van der Waals surface area contributed by atoms with E-state index >= 15 is 0 Å². The highest BCUT2D eigenvalue weighted by atomic mass is 19.1. The number of aryl methyl sites for hydroxylation is 1. The zero-order valence-corrected chi connectivity index (χ0v) is 13.4. The SMILES string of the molecule is Cc1cc(NC(=O)c2ccnc(C(=O)Nc3c(F)cccc3F)c2)no1. The summed E-state index contributed by atoms with van der Waals surface area (Å²) in [6.07, 6.45) is 1.23. The van der Waals surface area contributed by atoms with Crippen LogP contribution in [0, 0.1) is 18.6 Å². The number of hydrogen-bond acceptors (Lipinski definition) is 5. The van der Waals surface area contributed by atoms with E-state index in [0.717, 1.165) is 12.1 Å². The van der Waals surface area contributed by atoms with Crippen LogP contribution in [0.15, 0.2) is 47.1 Å². The Morgan fingerprint density at radius 3 is 2.42 bits per heavy atom. The van der Waals surface area contributed by atoms with E-state index in [4.69, 9.17) is 4.52 Å². The molecule has 132 valence electrons. The van der Waals surface area contributed by atoms with Gasteiger partial charge in [-0.3, -0.25) is 14.6 Å². The topological polar surface area (TPSA) is 97.1 Å². The van der Waals surface area contributed by atoms with Gasteiger partial charge in [-0.25, -0.2) is 8.78 Å². The van der Waals surface area contributed by atoms with Crippen molar-refractivity contribution in [2.75, 3.05) is 10.6 Å². The van der Waals surface area contributed by atoms with Crippen molar-refractivity contribution in [1.82, 2.24) is 10.1 Å². The van der Waals surface area contributed by atoms with Crippen LogP contribution in [0.4, 0.5) is 20.3 Å². The van der Waals surface area contributed by atoms with Gasteiger partial charge in [-0.15, -0.1) is 0 Å². The third-order valence-electron chi connectivity index (χ3n) is 3.33. The largest absolute Gasteiger partial charge is 0.360 e. The molecular formula is C17H12F2N4O3. The number of carbonyl (C=O) groups excluding carboxylic acids is 2. The Morgan fingerprint density at radius 1 is 1.04 bits per heavy atom. The molecule has 0 bridgehead atoms. The van der Waals surface area contributed by atoms with Gasteiger partial charge < -0.3 is 15.2 Å². The summed E-state index contributed by atoms with van der Waals surface area (Å²) in [5.74, 6) is -2.53. The fourth-order valence-corrected chi connectivity index (χ4v) is 2.10. The molecule has 26 heavy (non-hydrogen) atoms. The lowest BCUT2D eigenvalue weighted by Crippen LogP contribution is -2.18. The molecular weight excluding hydrogens is 346 g/mol. The number of pyridine rings is 1. The second-order valence-electron chi connectivity index (χ2n) is 5.26. The predicted octanol–water partition coefficient (Wildman–Crippen LogP) is 3.16. The first-order valence-electron chi connectivity index (χ1n) is 7.40. The second kappa shape index (κ2) is 7.09. The molecule has 7 nitrogen and oxygen atoms in total. The molecule has 3 rings (SSSR count). The molecule has 2 aromatic heterocycles. The summed E-state index contributed by atoms with van der Waals surface area (Å²) < 4.78 is 32.1. The minimum absolute atomic E-state index is 0.111. The van der Waals surface area contributed by atoms with Crippen LogP contribution in [0.2, 0.25) is 0 Å². The van der Waals surface area contributed by atoms with E-state index in [1.54, 1.807) is 6.92 Å². The minimum atomic E-state index is -0.923. The van der Waals surface area contributed by atoms with Crippen molar-refractivity contribution in [3.05, 3.63) is 71.2 Å². The number of anilines is 2. The van der Waals surface area contributed by atoms with Gasteiger partial charge in [-0.1, -0.05) is 11.2 Å². The molecule has 0 aliphatic carbocycles. The van der Waals surface area contributed by atoms with Gasteiger partial charge in [0.2, 0.25) is 0 Å². The lowest BCUT2D eigenvalue weighted by atomic mass is 10.2. The summed E-state index contributed by atoms with van der Waals surface area (Å²) in [6, 6.07) is 7.29. The molecule has 0 aliphatic heterocycles. The Kier molecular flexibility index (Phi) is 4.70. The van der Waals surface area contributed by atoms with Gasteiger partial charge in [0.05, 0.1) is 0 Å². The molecule has 1 aromatic carbocycles. The van der Waals surface area contributed by atoms with Gasteiger partial charge in [0.15, 0.2) is 5.82 Å². The van der Waals surface area contributed by atoms with Gasteiger partial charge in [0, 0.05) is 17.8 Å². The van der Waals surface area contributed by atoms with E-state index in [2.05, 4.69) is 20.8 Å². The smallest absolute Gasteiger partial charge is 0.274 e. The average Bonchev–Trinajstić information content (AvgIpc) is 3.03. The highest BCUT2D eigenvalue weighted by Crippen LogP contribution is 2.19. The van der Waals surface area contributed by atoms with Crippen molar-refractivity contribution in [3.8, 4) is 0 Å². The first kappa shape index (κ1) is 17.2. The maximum absolute atomic E-state index is 13.6. The van der Waals surface area contributed by atoms with E-state index in [-0.39, 0.29) is 17.1 Å². The number of benzene rings is 1. The molecule has 0 spiro atoms. The number of carbonyl (C=O) groups is 2. The second-order valence-corrected chi connectivity index (χ2v) is 5.26. The molecule has 2 N–H and O–H groups in total. The van der Waals surface area contributed by atoms with Crippen LogP contribution in [0.5, 0.6) is 0 Å². The maximum Gasteiger partial charge on any atom is 0.274 e. The quantitative estimate of drug-likeness (QED) is 0.747. The highest BCUT2D eigenvalue weighted by Gasteiger charge is 2.16. The number of halogens is 2. The van der Waals surface area contributed by atoms with E-state index in [0.29, 0.717) is 5.76 Å². The van der Waals surface area contributed by atoms with Crippen molar-refractivity contribution in [2.24, 2.45) is 0 Å². The molecule has 2 heterocycles. The zero-order valence-electron chi connectivity index (χ0n) is 13.4. The van der Waals surface area contributed by atoms with Gasteiger partial charge in [-0.2, -0.15) is 0 Å². The van der Waals surface area contributed by atoms with Crippen molar-refractivity contribution in [2.45, 2.75) is 6.92 Å². The van der Waals surface area contributed by atoms with Crippen LogP contribution in [-0.4, -0.2) is 22.0 Å². The lowest BCUT2D eigenvalue weighted by Gasteiger charge is -2.08. The summed E-state index contributed by atoms with van der Waals surface area (Å²) in [5, 5.41) is 8.22. The summed E-state index contributed by atoms with van der Waals surface area (Å²) in [7, 11) is 0. The molecule has 0 fully saturated rings. The highest BCUT2D eigenvalue weighted by molar-refractivity contribution is 6.07. The number of nitrogens with one attached hydrogen (secondary N) is 2. The third-order valence-corrected chi connectivity index (χ3v) is 3.33. The van der Waals surface area contributed by atoms with E-state index < -0.39 is 29.1 Å². The van der Waals surface area contributed by atoms with Gasteiger partial charge >= 0.3 is 0 Å². The summed E-state index contributed by atoms with van der Waals surface area (Å²) in [6.45, 7) is 1.67. The number of para-hydroxylation sites is 1. The Morgan fingerprint density at radius 2 is 1.77 bits per heavy atom. The summed E-state index contributed by atoms with van der Waals surface area (Å²) >= 11 is 0. The molecule has 0 saturated heterocycles. The molecule has 2 amide bonds. The van der Waals surface area contributed by atoms with E-state index in [1.807, 2.05) is 0 Å². The van der Waals surface area contributed by atoms with Crippen molar-refractivity contribution in [1.29, 1.82) is 0 Å².